The van der Waals surface area contributed by atoms with Crippen molar-refractivity contribution in [2.24, 2.45) is 10.9 Å². The molecule has 1 heterocycles. The molecular weight excluding hydrogens is 312 g/mol. The molecule has 7 heteroatoms. The van der Waals surface area contributed by atoms with Crippen molar-refractivity contribution in [3.63, 3.8) is 0 Å². The minimum atomic E-state index is -0.165. The van der Waals surface area contributed by atoms with Crippen molar-refractivity contribution in [2.45, 2.75) is 38.8 Å². The summed E-state index contributed by atoms with van der Waals surface area (Å²) in [5, 5.41) is 9.07. The standard InChI is InChI=1S/C16H24N4O2S/c1-2-23-15(19-17)10-6-9-14-11-18-16(21)20(14)22-12-13-7-4-3-5-8-13/h3-5,7-8,14H,2,6,9-12,17H2,1H3,(H,18,21). The molecule has 1 unspecified atom stereocenters. The Labute approximate surface area is 141 Å². The number of nitrogens with one attached hydrogen (secondary N) is 1. The van der Waals surface area contributed by atoms with Crippen LogP contribution in [0.15, 0.2) is 35.4 Å². The highest BCUT2D eigenvalue weighted by Crippen LogP contribution is 2.18. The lowest BCUT2D eigenvalue weighted by molar-refractivity contribution is -0.141. The highest BCUT2D eigenvalue weighted by atomic mass is 32.2. The number of nitrogens with two attached hydrogens (primary N) is 1. The molecule has 1 aromatic rings. The number of thioether (sulfide) groups is 1. The number of carbonyl (C=O) groups is 1. The van der Waals surface area contributed by atoms with Crippen LogP contribution in [0.1, 0.15) is 31.7 Å². The lowest BCUT2D eigenvalue weighted by atomic mass is 10.1. The predicted octanol–water partition coefficient (Wildman–Crippen LogP) is 2.71. The summed E-state index contributed by atoms with van der Waals surface area (Å²) in [4.78, 5) is 17.6. The van der Waals surface area contributed by atoms with Crippen LogP contribution in [0.4, 0.5) is 4.79 Å². The monoisotopic (exact) mass is 336 g/mol. The van der Waals surface area contributed by atoms with Gasteiger partial charge in [0.25, 0.3) is 0 Å². The second kappa shape index (κ2) is 9.42. The van der Waals surface area contributed by atoms with Crippen LogP contribution in [-0.2, 0) is 11.4 Å². The molecule has 0 saturated carbocycles. The summed E-state index contributed by atoms with van der Waals surface area (Å²) in [6.07, 6.45) is 2.62. The second-order valence-corrected chi connectivity index (χ2v) is 6.61. The number of amides is 2. The molecule has 1 aliphatic heterocycles. The van der Waals surface area contributed by atoms with Gasteiger partial charge in [0.1, 0.15) is 6.61 Å². The molecule has 1 fully saturated rings. The minimum absolute atomic E-state index is 0.0527. The first-order chi connectivity index (χ1) is 11.2. The summed E-state index contributed by atoms with van der Waals surface area (Å²) in [6.45, 7) is 3.09. The zero-order valence-electron chi connectivity index (χ0n) is 13.4. The fraction of sp³-hybridized carbons (Fsp3) is 0.500. The van der Waals surface area contributed by atoms with Gasteiger partial charge in [-0.2, -0.15) is 10.2 Å². The van der Waals surface area contributed by atoms with Crippen LogP contribution in [0, 0.1) is 0 Å². The maximum atomic E-state index is 11.9. The Morgan fingerprint density at radius 1 is 1.48 bits per heavy atom. The van der Waals surface area contributed by atoms with Crippen molar-refractivity contribution in [3.05, 3.63) is 35.9 Å². The molecule has 1 aliphatic rings. The van der Waals surface area contributed by atoms with E-state index in [0.29, 0.717) is 13.2 Å². The number of urea groups is 1. The van der Waals surface area contributed by atoms with E-state index in [9.17, 15) is 4.79 Å². The molecule has 126 valence electrons. The molecule has 1 aromatic carbocycles. The molecule has 23 heavy (non-hydrogen) atoms. The van der Waals surface area contributed by atoms with Gasteiger partial charge in [0.2, 0.25) is 0 Å². The summed E-state index contributed by atoms with van der Waals surface area (Å²) >= 11 is 1.67. The molecule has 2 rings (SSSR count). The number of hydroxylamine groups is 2. The first kappa shape index (κ1) is 17.6. The molecule has 6 nitrogen and oxygen atoms in total. The Morgan fingerprint density at radius 2 is 2.26 bits per heavy atom. The van der Waals surface area contributed by atoms with Gasteiger partial charge in [-0.3, -0.25) is 4.84 Å². The van der Waals surface area contributed by atoms with E-state index in [1.165, 1.54) is 5.06 Å². The van der Waals surface area contributed by atoms with E-state index in [2.05, 4.69) is 17.3 Å². The first-order valence-corrected chi connectivity index (χ1v) is 8.86. The predicted molar refractivity (Wildman–Crippen MR) is 93.9 cm³/mol. The third kappa shape index (κ3) is 5.44. The van der Waals surface area contributed by atoms with Crippen LogP contribution in [0.3, 0.4) is 0 Å². The number of hydrogen-bond donors (Lipinski definition) is 2. The molecule has 0 bridgehead atoms. The molecule has 0 aromatic heterocycles. The zero-order valence-corrected chi connectivity index (χ0v) is 14.2. The number of hydrazone groups is 1. The van der Waals surface area contributed by atoms with E-state index in [-0.39, 0.29) is 12.1 Å². The Kier molecular flexibility index (Phi) is 7.22. The summed E-state index contributed by atoms with van der Waals surface area (Å²) < 4.78 is 0. The van der Waals surface area contributed by atoms with Gasteiger partial charge >= 0.3 is 6.03 Å². The summed E-state index contributed by atoms with van der Waals surface area (Å²) in [5.41, 5.74) is 1.04. The van der Waals surface area contributed by atoms with Crippen LogP contribution >= 0.6 is 11.8 Å². The second-order valence-electron chi connectivity index (χ2n) is 5.27. The fourth-order valence-corrected chi connectivity index (χ4v) is 3.16. The van der Waals surface area contributed by atoms with Gasteiger partial charge < -0.3 is 11.2 Å². The first-order valence-electron chi connectivity index (χ1n) is 7.88. The van der Waals surface area contributed by atoms with Gasteiger partial charge in [-0.25, -0.2) is 4.79 Å². The number of carbonyl (C=O) groups excluding carboxylic acids is 1. The highest BCUT2D eigenvalue weighted by molar-refractivity contribution is 8.13. The van der Waals surface area contributed by atoms with Crippen molar-refractivity contribution in [2.75, 3.05) is 12.3 Å². The third-order valence-corrected chi connectivity index (χ3v) is 4.55. The molecule has 2 amide bonds. The smallest absolute Gasteiger partial charge is 0.334 e. The SMILES string of the molecule is CCSC(CCCC1CNC(=O)N1OCc1ccccc1)=NN. The van der Waals surface area contributed by atoms with Crippen molar-refractivity contribution < 1.29 is 9.63 Å². The van der Waals surface area contributed by atoms with Crippen molar-refractivity contribution in [1.29, 1.82) is 0 Å². The van der Waals surface area contributed by atoms with E-state index < -0.39 is 0 Å². The lowest BCUT2D eigenvalue weighted by Gasteiger charge is -2.22. The molecule has 1 atom stereocenters. The Hall–Kier alpha value is -1.73. The molecule has 3 N–H and O–H groups in total. The van der Waals surface area contributed by atoms with E-state index >= 15 is 0 Å². The van der Waals surface area contributed by atoms with Gasteiger partial charge in [-0.05, 0) is 30.6 Å². The Morgan fingerprint density at radius 3 is 2.96 bits per heavy atom. The van der Waals surface area contributed by atoms with E-state index in [0.717, 1.165) is 35.6 Å². The maximum absolute atomic E-state index is 11.9. The average Bonchev–Trinajstić information content (AvgIpc) is 2.93. The average molecular weight is 336 g/mol. The van der Waals surface area contributed by atoms with Crippen molar-refractivity contribution in [1.82, 2.24) is 10.4 Å². The molecular formula is C16H24N4O2S. The van der Waals surface area contributed by atoms with Gasteiger partial charge in [0.15, 0.2) is 0 Å². The number of benzene rings is 1. The van der Waals surface area contributed by atoms with Crippen LogP contribution in [0.5, 0.6) is 0 Å². The van der Waals surface area contributed by atoms with Crippen molar-refractivity contribution in [3.8, 4) is 0 Å². The Bertz CT molecular complexity index is 524. The number of nitrogens with zero attached hydrogens (tertiary/aromatic N) is 2. The lowest BCUT2D eigenvalue weighted by Crippen LogP contribution is -2.34. The molecule has 1 saturated heterocycles. The molecule has 0 aliphatic carbocycles. The fourth-order valence-electron chi connectivity index (χ4n) is 2.46. The molecule has 0 spiro atoms. The maximum Gasteiger partial charge on any atom is 0.341 e. The summed E-state index contributed by atoms with van der Waals surface area (Å²) in [7, 11) is 0. The van der Waals surface area contributed by atoms with Gasteiger partial charge in [-0.15, -0.1) is 11.8 Å². The minimum Gasteiger partial charge on any atom is -0.334 e. The summed E-state index contributed by atoms with van der Waals surface area (Å²) in [5.74, 6) is 6.34. The van der Waals surface area contributed by atoms with Gasteiger partial charge in [0, 0.05) is 6.54 Å². The van der Waals surface area contributed by atoms with E-state index in [1.807, 2.05) is 30.3 Å². The van der Waals surface area contributed by atoms with Crippen LogP contribution in [0.2, 0.25) is 0 Å². The van der Waals surface area contributed by atoms with Crippen molar-refractivity contribution >= 4 is 22.8 Å². The largest absolute Gasteiger partial charge is 0.341 e. The van der Waals surface area contributed by atoms with Crippen LogP contribution in [0.25, 0.3) is 0 Å². The normalized spacial score (nSPS) is 18.3. The van der Waals surface area contributed by atoms with E-state index in [4.69, 9.17) is 10.7 Å². The Balaban J connectivity index is 1.80. The topological polar surface area (TPSA) is 80.0 Å². The highest BCUT2D eigenvalue weighted by Gasteiger charge is 2.31. The zero-order chi connectivity index (χ0) is 16.5. The van der Waals surface area contributed by atoms with Gasteiger partial charge in [0.05, 0.1) is 11.1 Å². The van der Waals surface area contributed by atoms with E-state index in [1.54, 1.807) is 11.8 Å². The summed E-state index contributed by atoms with van der Waals surface area (Å²) in [6, 6.07) is 9.72. The number of rotatable bonds is 8. The number of hydrogen-bond acceptors (Lipinski definition) is 5. The quantitative estimate of drug-likeness (QED) is 0.331. The van der Waals surface area contributed by atoms with Crippen LogP contribution < -0.4 is 11.2 Å². The van der Waals surface area contributed by atoms with Crippen LogP contribution in [-0.4, -0.2) is 34.5 Å². The third-order valence-electron chi connectivity index (χ3n) is 3.62. The molecule has 0 radical (unpaired) electrons. The van der Waals surface area contributed by atoms with Gasteiger partial charge in [-0.1, -0.05) is 37.3 Å².